The van der Waals surface area contributed by atoms with Crippen molar-refractivity contribution in [2.24, 2.45) is 0 Å². The van der Waals surface area contributed by atoms with Gasteiger partial charge < -0.3 is 0 Å². The van der Waals surface area contributed by atoms with Crippen molar-refractivity contribution in [2.45, 2.75) is 6.92 Å². The number of hydrogen-bond donors (Lipinski definition) is 0. The molecule has 0 aliphatic carbocycles. The van der Waals surface area contributed by atoms with Crippen molar-refractivity contribution in [3.05, 3.63) is 89.8 Å². The topological polar surface area (TPSA) is 4.36 Å². The average molecular weight is 269 g/mol. The van der Waals surface area contributed by atoms with Crippen molar-refractivity contribution in [1.29, 1.82) is 0 Å². The highest BCUT2D eigenvalue weighted by Crippen LogP contribution is 2.40. The molecule has 0 N–H and O–H groups in total. The molecule has 0 saturated heterocycles. The summed E-state index contributed by atoms with van der Waals surface area (Å²) in [5, 5.41) is 0. The molecule has 0 saturated carbocycles. The first-order chi connectivity index (χ1) is 10.3. The third-order valence-electron chi connectivity index (χ3n) is 3.54. The van der Waals surface area contributed by atoms with Crippen LogP contribution in [0.4, 0.5) is 5.69 Å². The SMILES string of the molecule is [C-]#[N+]c1c(-c2ccccc2)cc(C)cc1-c1ccccc1. The summed E-state index contributed by atoms with van der Waals surface area (Å²) in [6, 6.07) is 24.4. The summed E-state index contributed by atoms with van der Waals surface area (Å²) >= 11 is 0. The summed E-state index contributed by atoms with van der Waals surface area (Å²) in [7, 11) is 0. The van der Waals surface area contributed by atoms with Crippen LogP contribution in [0.25, 0.3) is 27.1 Å². The fourth-order valence-electron chi connectivity index (χ4n) is 2.57. The predicted molar refractivity (Wildman–Crippen MR) is 88.3 cm³/mol. The lowest BCUT2D eigenvalue weighted by molar-refractivity contribution is 1.46. The van der Waals surface area contributed by atoms with Gasteiger partial charge in [-0.05, 0) is 29.2 Å². The highest BCUT2D eigenvalue weighted by atomic mass is 14.7. The van der Waals surface area contributed by atoms with Crippen LogP contribution in [0, 0.1) is 13.5 Å². The van der Waals surface area contributed by atoms with Gasteiger partial charge in [-0.25, -0.2) is 4.85 Å². The van der Waals surface area contributed by atoms with E-state index in [1.807, 2.05) is 36.4 Å². The van der Waals surface area contributed by atoms with Crippen molar-refractivity contribution in [3.63, 3.8) is 0 Å². The second-order valence-corrected chi connectivity index (χ2v) is 5.05. The van der Waals surface area contributed by atoms with Gasteiger partial charge in [0.15, 0.2) is 0 Å². The van der Waals surface area contributed by atoms with Crippen molar-refractivity contribution >= 4 is 5.69 Å². The standard InChI is InChI=1S/C20H15N/c1-15-13-18(16-9-5-3-6-10-16)20(21-2)19(14-15)17-11-7-4-8-12-17/h3-14H,1H3. The van der Waals surface area contributed by atoms with Crippen LogP contribution in [0.1, 0.15) is 5.56 Å². The number of benzene rings is 3. The van der Waals surface area contributed by atoms with Gasteiger partial charge in [-0.1, -0.05) is 78.4 Å². The van der Waals surface area contributed by atoms with Gasteiger partial charge in [0.05, 0.1) is 6.57 Å². The molecule has 0 fully saturated rings. The molecule has 3 aromatic rings. The van der Waals surface area contributed by atoms with Gasteiger partial charge in [0, 0.05) is 0 Å². The van der Waals surface area contributed by atoms with Gasteiger partial charge >= 0.3 is 0 Å². The maximum atomic E-state index is 7.62. The summed E-state index contributed by atoms with van der Waals surface area (Å²) in [6.45, 7) is 9.70. The molecule has 0 aliphatic rings. The molecule has 0 aromatic heterocycles. The van der Waals surface area contributed by atoms with E-state index in [9.17, 15) is 0 Å². The van der Waals surface area contributed by atoms with Crippen LogP contribution in [0.3, 0.4) is 0 Å². The number of hydrogen-bond acceptors (Lipinski definition) is 0. The quantitative estimate of drug-likeness (QED) is 0.512. The van der Waals surface area contributed by atoms with Crippen molar-refractivity contribution < 1.29 is 0 Å². The van der Waals surface area contributed by atoms with Gasteiger partial charge in [-0.15, -0.1) is 0 Å². The maximum absolute atomic E-state index is 7.62. The molecular weight excluding hydrogens is 254 g/mol. The van der Waals surface area contributed by atoms with E-state index in [0.717, 1.165) is 27.9 Å². The van der Waals surface area contributed by atoms with Gasteiger partial charge in [0.2, 0.25) is 5.69 Å². The van der Waals surface area contributed by atoms with Crippen LogP contribution in [0.5, 0.6) is 0 Å². The molecule has 0 radical (unpaired) electrons. The Hall–Kier alpha value is -2.85. The monoisotopic (exact) mass is 269 g/mol. The fourth-order valence-corrected chi connectivity index (χ4v) is 2.57. The van der Waals surface area contributed by atoms with E-state index in [1.54, 1.807) is 0 Å². The van der Waals surface area contributed by atoms with Gasteiger partial charge in [0.1, 0.15) is 0 Å². The highest BCUT2D eigenvalue weighted by Gasteiger charge is 2.12. The summed E-state index contributed by atoms with van der Waals surface area (Å²) in [5.74, 6) is 0. The van der Waals surface area contributed by atoms with Crippen LogP contribution in [-0.2, 0) is 0 Å². The molecule has 0 bridgehead atoms. The molecule has 1 nitrogen and oxygen atoms in total. The van der Waals surface area contributed by atoms with Crippen LogP contribution in [-0.4, -0.2) is 0 Å². The van der Waals surface area contributed by atoms with E-state index in [0.29, 0.717) is 0 Å². The van der Waals surface area contributed by atoms with Crippen molar-refractivity contribution in [2.75, 3.05) is 0 Å². The van der Waals surface area contributed by atoms with Crippen LogP contribution in [0.2, 0.25) is 0 Å². The number of nitrogens with zero attached hydrogens (tertiary/aromatic N) is 1. The highest BCUT2D eigenvalue weighted by molar-refractivity contribution is 5.91. The minimum atomic E-state index is 0.720. The molecule has 0 spiro atoms. The number of rotatable bonds is 2. The Morgan fingerprint density at radius 1 is 0.714 bits per heavy atom. The summed E-state index contributed by atoms with van der Waals surface area (Å²) in [5.41, 5.74) is 6.07. The Kier molecular flexibility index (Phi) is 3.53. The van der Waals surface area contributed by atoms with Gasteiger partial charge in [-0.2, -0.15) is 0 Å². The Morgan fingerprint density at radius 3 is 1.52 bits per heavy atom. The van der Waals surface area contributed by atoms with Crippen molar-refractivity contribution in [3.8, 4) is 22.3 Å². The smallest absolute Gasteiger partial charge is 0.202 e. The second-order valence-electron chi connectivity index (χ2n) is 5.05. The van der Waals surface area contributed by atoms with E-state index in [1.165, 1.54) is 5.56 Å². The van der Waals surface area contributed by atoms with Crippen LogP contribution >= 0.6 is 0 Å². The normalized spacial score (nSPS) is 10.1. The minimum absolute atomic E-state index is 0.720. The lowest BCUT2D eigenvalue weighted by atomic mass is 9.94. The Bertz CT molecular complexity index is 736. The van der Waals surface area contributed by atoms with E-state index in [2.05, 4.69) is 48.2 Å². The third kappa shape index (κ3) is 2.57. The third-order valence-corrected chi connectivity index (χ3v) is 3.54. The minimum Gasteiger partial charge on any atom is -0.237 e. The van der Waals surface area contributed by atoms with Crippen LogP contribution in [0.15, 0.2) is 72.8 Å². The Balaban J connectivity index is 2.29. The first-order valence-electron chi connectivity index (χ1n) is 6.92. The molecule has 21 heavy (non-hydrogen) atoms. The zero-order valence-corrected chi connectivity index (χ0v) is 11.9. The summed E-state index contributed by atoms with van der Waals surface area (Å²) in [6.07, 6.45) is 0. The maximum Gasteiger partial charge on any atom is 0.202 e. The molecule has 0 aliphatic heterocycles. The van der Waals surface area contributed by atoms with E-state index < -0.39 is 0 Å². The van der Waals surface area contributed by atoms with E-state index >= 15 is 0 Å². The number of aryl methyl sites for hydroxylation is 1. The molecule has 3 rings (SSSR count). The van der Waals surface area contributed by atoms with E-state index in [-0.39, 0.29) is 0 Å². The second kappa shape index (κ2) is 5.64. The fraction of sp³-hybridized carbons (Fsp3) is 0.0500. The molecule has 0 heterocycles. The first kappa shape index (κ1) is 13.1. The average Bonchev–Trinajstić information content (AvgIpc) is 2.55. The predicted octanol–water partition coefficient (Wildman–Crippen LogP) is 5.88. The summed E-state index contributed by atoms with van der Waals surface area (Å²) < 4.78 is 0. The molecule has 3 aromatic carbocycles. The van der Waals surface area contributed by atoms with Crippen LogP contribution < -0.4 is 0 Å². The lowest BCUT2D eigenvalue weighted by Gasteiger charge is -2.12. The molecule has 0 amide bonds. The summed E-state index contributed by atoms with van der Waals surface area (Å²) in [4.78, 5) is 3.81. The molecule has 0 unspecified atom stereocenters. The zero-order chi connectivity index (χ0) is 14.7. The Labute approximate surface area is 125 Å². The zero-order valence-electron chi connectivity index (χ0n) is 11.9. The molecular formula is C20H15N. The molecule has 1 heteroatoms. The Morgan fingerprint density at radius 2 is 1.14 bits per heavy atom. The van der Waals surface area contributed by atoms with E-state index in [4.69, 9.17) is 6.57 Å². The molecule has 100 valence electrons. The van der Waals surface area contributed by atoms with Crippen molar-refractivity contribution in [1.82, 2.24) is 0 Å². The molecule has 0 atom stereocenters. The lowest BCUT2D eigenvalue weighted by Crippen LogP contribution is -1.86. The first-order valence-corrected chi connectivity index (χ1v) is 6.92. The van der Waals surface area contributed by atoms with Gasteiger partial charge in [-0.3, -0.25) is 0 Å². The largest absolute Gasteiger partial charge is 0.237 e. The van der Waals surface area contributed by atoms with Gasteiger partial charge in [0.25, 0.3) is 0 Å².